The average molecular weight is 357 g/mol. The Bertz CT molecular complexity index is 426. The van der Waals surface area contributed by atoms with Crippen LogP contribution in [0.3, 0.4) is 0 Å². The van der Waals surface area contributed by atoms with Gasteiger partial charge in [0.25, 0.3) is 6.43 Å². The van der Waals surface area contributed by atoms with Crippen LogP contribution in [0.25, 0.3) is 0 Å². The Kier molecular flexibility index (Phi) is 5.03. The van der Waals surface area contributed by atoms with E-state index in [4.69, 9.17) is 4.74 Å². The Morgan fingerprint density at radius 1 is 1.53 bits per heavy atom. The van der Waals surface area contributed by atoms with Gasteiger partial charge in [-0.25, -0.2) is 13.8 Å². The molecule has 1 heterocycles. The number of hydrogen-bond donors (Lipinski definition) is 0. The Morgan fingerprint density at radius 3 is 2.65 bits per heavy atom. The molecule has 0 radical (unpaired) electrons. The standard InChI is InChI=1S/C10H10F2INO3/c1-16-6-3-5(4-7(15)17-2)14-9(8(6)13)10(11)12/h3,10H,4H2,1-2H3. The number of methoxy groups -OCH3 is 2. The van der Waals surface area contributed by atoms with Crippen molar-refractivity contribution in [1.29, 1.82) is 0 Å². The minimum absolute atomic E-state index is 0.163. The van der Waals surface area contributed by atoms with Gasteiger partial charge < -0.3 is 9.47 Å². The summed E-state index contributed by atoms with van der Waals surface area (Å²) in [6, 6.07) is 1.45. The molecule has 0 unspecified atom stereocenters. The number of alkyl halides is 2. The molecule has 0 saturated heterocycles. The SMILES string of the molecule is COC(=O)Cc1cc(OC)c(I)c(C(F)F)n1. The maximum atomic E-state index is 12.7. The minimum Gasteiger partial charge on any atom is -0.496 e. The van der Waals surface area contributed by atoms with Crippen molar-refractivity contribution in [2.45, 2.75) is 12.8 Å². The summed E-state index contributed by atoms with van der Waals surface area (Å²) in [5.74, 6) is -0.268. The van der Waals surface area contributed by atoms with Crippen LogP contribution in [-0.4, -0.2) is 25.2 Å². The number of rotatable bonds is 4. The van der Waals surface area contributed by atoms with Gasteiger partial charge in [0.2, 0.25) is 0 Å². The summed E-state index contributed by atoms with van der Waals surface area (Å²) in [6.45, 7) is 0. The van der Waals surface area contributed by atoms with Crippen LogP contribution in [0.15, 0.2) is 6.07 Å². The summed E-state index contributed by atoms with van der Waals surface area (Å²) < 4.78 is 35.1. The second kappa shape index (κ2) is 6.08. The summed E-state index contributed by atoms with van der Waals surface area (Å²) in [5.41, 5.74) is -0.187. The smallest absolute Gasteiger partial charge is 0.311 e. The highest BCUT2D eigenvalue weighted by Gasteiger charge is 2.19. The van der Waals surface area contributed by atoms with Gasteiger partial charge in [-0.05, 0) is 22.6 Å². The van der Waals surface area contributed by atoms with Gasteiger partial charge in [-0.2, -0.15) is 0 Å². The monoisotopic (exact) mass is 357 g/mol. The average Bonchev–Trinajstić information content (AvgIpc) is 2.30. The molecule has 0 aliphatic carbocycles. The van der Waals surface area contributed by atoms with E-state index >= 15 is 0 Å². The molecule has 0 fully saturated rings. The fourth-order valence-corrected chi connectivity index (χ4v) is 1.91. The Labute approximate surface area is 110 Å². The molecule has 1 rings (SSSR count). The van der Waals surface area contributed by atoms with Crippen molar-refractivity contribution in [3.8, 4) is 5.75 Å². The normalized spacial score (nSPS) is 10.5. The van der Waals surface area contributed by atoms with E-state index in [1.54, 1.807) is 22.6 Å². The van der Waals surface area contributed by atoms with Gasteiger partial charge >= 0.3 is 5.97 Å². The van der Waals surface area contributed by atoms with Crippen molar-refractivity contribution in [1.82, 2.24) is 4.98 Å². The van der Waals surface area contributed by atoms with E-state index in [2.05, 4.69) is 9.72 Å². The third-order valence-corrected chi connectivity index (χ3v) is 3.07. The summed E-state index contributed by atoms with van der Waals surface area (Å²) >= 11 is 1.73. The van der Waals surface area contributed by atoms with E-state index in [1.807, 2.05) is 0 Å². The van der Waals surface area contributed by atoms with E-state index in [0.29, 0.717) is 0 Å². The molecule has 0 aromatic carbocycles. The third-order valence-electron chi connectivity index (χ3n) is 1.98. The van der Waals surface area contributed by atoms with Crippen LogP contribution in [-0.2, 0) is 16.0 Å². The first kappa shape index (κ1) is 14.1. The van der Waals surface area contributed by atoms with Crippen LogP contribution in [0.1, 0.15) is 17.8 Å². The molecule has 0 aliphatic heterocycles. The fraction of sp³-hybridized carbons (Fsp3) is 0.400. The Morgan fingerprint density at radius 2 is 2.18 bits per heavy atom. The Balaban J connectivity index is 3.15. The zero-order valence-electron chi connectivity index (χ0n) is 9.17. The van der Waals surface area contributed by atoms with Gasteiger partial charge in [0.05, 0.1) is 29.9 Å². The number of nitrogens with zero attached hydrogens (tertiary/aromatic N) is 1. The van der Waals surface area contributed by atoms with Gasteiger partial charge in [0, 0.05) is 6.07 Å². The van der Waals surface area contributed by atoms with Crippen LogP contribution in [0.2, 0.25) is 0 Å². The highest BCUT2D eigenvalue weighted by molar-refractivity contribution is 14.1. The van der Waals surface area contributed by atoms with Crippen molar-refractivity contribution in [2.24, 2.45) is 0 Å². The second-order valence-electron chi connectivity index (χ2n) is 3.07. The maximum absolute atomic E-state index is 12.7. The molecule has 0 bridgehead atoms. The van der Waals surface area contributed by atoms with Crippen LogP contribution in [0.4, 0.5) is 8.78 Å². The number of carbonyl (C=O) groups is 1. The number of esters is 1. The number of carbonyl (C=O) groups excluding carboxylic acids is 1. The Hall–Kier alpha value is -0.990. The number of ether oxygens (including phenoxy) is 2. The minimum atomic E-state index is -2.71. The van der Waals surface area contributed by atoms with Crippen LogP contribution in [0.5, 0.6) is 5.75 Å². The molecule has 7 heteroatoms. The van der Waals surface area contributed by atoms with Gasteiger partial charge in [0.15, 0.2) is 0 Å². The van der Waals surface area contributed by atoms with Crippen LogP contribution in [0, 0.1) is 3.57 Å². The lowest BCUT2D eigenvalue weighted by Gasteiger charge is -2.10. The molecule has 0 aliphatic rings. The number of aromatic nitrogens is 1. The molecule has 1 aromatic heterocycles. The molecular formula is C10H10F2INO3. The van der Waals surface area contributed by atoms with Crippen molar-refractivity contribution in [3.63, 3.8) is 0 Å². The van der Waals surface area contributed by atoms with Gasteiger partial charge in [-0.15, -0.1) is 0 Å². The summed E-state index contributed by atoms with van der Waals surface area (Å²) in [5, 5.41) is 0. The highest BCUT2D eigenvalue weighted by atomic mass is 127. The van der Waals surface area contributed by atoms with E-state index in [-0.39, 0.29) is 27.1 Å². The molecule has 17 heavy (non-hydrogen) atoms. The predicted molar refractivity (Wildman–Crippen MR) is 64.2 cm³/mol. The quantitative estimate of drug-likeness (QED) is 0.613. The van der Waals surface area contributed by atoms with E-state index in [9.17, 15) is 13.6 Å². The third kappa shape index (κ3) is 3.48. The van der Waals surface area contributed by atoms with Crippen molar-refractivity contribution >= 4 is 28.6 Å². The zero-order chi connectivity index (χ0) is 13.0. The molecule has 0 atom stereocenters. The molecular weight excluding hydrogens is 347 g/mol. The van der Waals surface area contributed by atoms with Crippen molar-refractivity contribution in [3.05, 3.63) is 21.0 Å². The summed E-state index contributed by atoms with van der Waals surface area (Å²) in [4.78, 5) is 14.8. The first-order valence-corrected chi connectivity index (χ1v) is 5.65. The number of halogens is 3. The summed E-state index contributed by atoms with van der Waals surface area (Å²) in [7, 11) is 2.59. The van der Waals surface area contributed by atoms with Crippen molar-refractivity contribution in [2.75, 3.05) is 14.2 Å². The van der Waals surface area contributed by atoms with Crippen LogP contribution >= 0.6 is 22.6 Å². The topological polar surface area (TPSA) is 48.4 Å². The highest BCUT2D eigenvalue weighted by Crippen LogP contribution is 2.30. The largest absolute Gasteiger partial charge is 0.496 e. The predicted octanol–water partition coefficient (Wildman–Crippen LogP) is 2.35. The molecule has 1 aromatic rings. The molecule has 0 N–H and O–H groups in total. The van der Waals surface area contributed by atoms with Crippen LogP contribution < -0.4 is 4.74 Å². The summed E-state index contributed by atoms with van der Waals surface area (Å²) in [6.07, 6.45) is -2.88. The van der Waals surface area contributed by atoms with E-state index in [1.165, 1.54) is 20.3 Å². The molecule has 0 amide bonds. The lowest BCUT2D eigenvalue weighted by molar-refractivity contribution is -0.139. The molecule has 4 nitrogen and oxygen atoms in total. The first-order chi connectivity index (χ1) is 7.99. The molecule has 94 valence electrons. The zero-order valence-corrected chi connectivity index (χ0v) is 11.3. The van der Waals surface area contributed by atoms with Gasteiger partial charge in [-0.1, -0.05) is 0 Å². The van der Waals surface area contributed by atoms with Gasteiger partial charge in [-0.3, -0.25) is 4.79 Å². The second-order valence-corrected chi connectivity index (χ2v) is 4.15. The van der Waals surface area contributed by atoms with E-state index in [0.717, 1.165) is 0 Å². The van der Waals surface area contributed by atoms with Crippen molar-refractivity contribution < 1.29 is 23.0 Å². The van der Waals surface area contributed by atoms with E-state index < -0.39 is 12.4 Å². The van der Waals surface area contributed by atoms with Gasteiger partial charge in [0.1, 0.15) is 11.4 Å². The number of pyridine rings is 1. The maximum Gasteiger partial charge on any atom is 0.311 e. The first-order valence-electron chi connectivity index (χ1n) is 4.57. The fourth-order valence-electron chi connectivity index (χ4n) is 1.18. The lowest BCUT2D eigenvalue weighted by Crippen LogP contribution is -2.09. The molecule has 0 saturated carbocycles. The number of hydrogen-bond acceptors (Lipinski definition) is 4. The lowest BCUT2D eigenvalue weighted by atomic mass is 10.2. The molecule has 0 spiro atoms.